The molecule has 7 heteroatoms. The Morgan fingerprint density at radius 2 is 1.88 bits per heavy atom. The largest absolute Gasteiger partial charge is 0.508 e. The standard InChI is InChI=1S/C17H24BBrO5/c1-6-22-15(21)10-13(12-9-11(19)7-8-14(12)20)18-23-16(2,3)17(4,5)24-18/h7-9,13,20H,6,10H2,1-5H3. The van der Waals surface area contributed by atoms with E-state index >= 15 is 0 Å². The van der Waals surface area contributed by atoms with Crippen LogP contribution >= 0.6 is 15.9 Å². The van der Waals surface area contributed by atoms with Gasteiger partial charge in [-0.2, -0.15) is 0 Å². The maximum Gasteiger partial charge on any atom is 0.466 e. The van der Waals surface area contributed by atoms with Gasteiger partial charge in [-0.1, -0.05) is 15.9 Å². The molecule has 1 aliphatic rings. The van der Waals surface area contributed by atoms with Crippen LogP contribution in [0, 0.1) is 0 Å². The van der Waals surface area contributed by atoms with Crippen molar-refractivity contribution < 1.29 is 23.9 Å². The molecular weight excluding hydrogens is 375 g/mol. The Morgan fingerprint density at radius 1 is 1.29 bits per heavy atom. The van der Waals surface area contributed by atoms with E-state index in [1.54, 1.807) is 25.1 Å². The Balaban J connectivity index is 2.37. The zero-order valence-electron chi connectivity index (χ0n) is 14.8. The molecule has 0 amide bonds. The molecule has 0 aromatic heterocycles. The van der Waals surface area contributed by atoms with E-state index in [-0.39, 0.29) is 18.1 Å². The monoisotopic (exact) mass is 398 g/mol. The number of phenolic OH excluding ortho intramolecular Hbond substituents is 1. The maximum atomic E-state index is 12.1. The molecule has 1 saturated heterocycles. The predicted octanol–water partition coefficient (Wildman–Crippen LogP) is 3.82. The van der Waals surface area contributed by atoms with E-state index in [0.29, 0.717) is 12.2 Å². The van der Waals surface area contributed by atoms with Crippen molar-refractivity contribution in [3.63, 3.8) is 0 Å². The number of hydrogen-bond acceptors (Lipinski definition) is 5. The Labute approximate surface area is 151 Å². The number of halogens is 1. The maximum absolute atomic E-state index is 12.1. The fourth-order valence-corrected chi connectivity index (χ4v) is 3.01. The third kappa shape index (κ3) is 3.95. The van der Waals surface area contributed by atoms with Crippen LogP contribution < -0.4 is 0 Å². The number of benzene rings is 1. The molecule has 1 unspecified atom stereocenters. The summed E-state index contributed by atoms with van der Waals surface area (Å²) in [6.07, 6.45) is 0.0642. The summed E-state index contributed by atoms with van der Waals surface area (Å²) in [6, 6.07) is 5.11. The van der Waals surface area contributed by atoms with Gasteiger partial charge in [0.1, 0.15) is 5.75 Å². The predicted molar refractivity (Wildman–Crippen MR) is 95.9 cm³/mol. The van der Waals surface area contributed by atoms with Gasteiger partial charge in [0.25, 0.3) is 0 Å². The van der Waals surface area contributed by atoms with Crippen LogP contribution in [0.25, 0.3) is 0 Å². The van der Waals surface area contributed by atoms with Gasteiger partial charge < -0.3 is 19.2 Å². The minimum absolute atomic E-state index is 0.0642. The molecule has 1 atom stereocenters. The van der Waals surface area contributed by atoms with Gasteiger partial charge in [0, 0.05) is 10.3 Å². The second-order valence-electron chi connectivity index (χ2n) is 6.94. The molecule has 5 nitrogen and oxygen atoms in total. The van der Waals surface area contributed by atoms with Crippen molar-refractivity contribution in [2.45, 2.75) is 58.1 Å². The average Bonchev–Trinajstić information content (AvgIpc) is 2.68. The summed E-state index contributed by atoms with van der Waals surface area (Å²) >= 11 is 3.41. The molecule has 1 aliphatic heterocycles. The van der Waals surface area contributed by atoms with Gasteiger partial charge >= 0.3 is 13.1 Å². The minimum atomic E-state index is -0.653. The molecular formula is C17H24BBrO5. The Hall–Kier alpha value is -1.05. The zero-order chi connectivity index (χ0) is 18.1. The van der Waals surface area contributed by atoms with E-state index in [1.165, 1.54) is 0 Å². The lowest BCUT2D eigenvalue weighted by molar-refractivity contribution is -0.143. The molecule has 0 aliphatic carbocycles. The number of rotatable bonds is 5. The van der Waals surface area contributed by atoms with Crippen LogP contribution in [0.15, 0.2) is 22.7 Å². The molecule has 0 spiro atoms. The van der Waals surface area contributed by atoms with Crippen molar-refractivity contribution in [3.8, 4) is 5.75 Å². The van der Waals surface area contributed by atoms with Crippen LogP contribution in [0.2, 0.25) is 0 Å². The molecule has 2 rings (SSSR count). The summed E-state index contributed by atoms with van der Waals surface area (Å²) in [6.45, 7) is 9.88. The molecule has 0 bridgehead atoms. The quantitative estimate of drug-likeness (QED) is 0.603. The highest BCUT2D eigenvalue weighted by atomic mass is 79.9. The van der Waals surface area contributed by atoms with Gasteiger partial charge in [-0.3, -0.25) is 4.79 Å². The average molecular weight is 399 g/mol. The lowest BCUT2D eigenvalue weighted by atomic mass is 9.66. The van der Waals surface area contributed by atoms with Crippen LogP contribution in [-0.4, -0.2) is 36.0 Å². The zero-order valence-corrected chi connectivity index (χ0v) is 16.3. The molecule has 1 fully saturated rings. The van der Waals surface area contributed by atoms with Crippen molar-refractivity contribution in [1.29, 1.82) is 0 Å². The number of esters is 1. The third-order valence-corrected chi connectivity index (χ3v) is 5.17. The Morgan fingerprint density at radius 3 is 2.42 bits per heavy atom. The number of hydrogen-bond donors (Lipinski definition) is 1. The van der Waals surface area contributed by atoms with E-state index in [2.05, 4.69) is 15.9 Å². The number of carbonyl (C=O) groups excluding carboxylic acids is 1. The summed E-state index contributed by atoms with van der Waals surface area (Å²) in [5.74, 6) is -0.721. The second kappa shape index (κ2) is 7.06. The first kappa shape index (κ1) is 19.3. The first-order valence-corrected chi connectivity index (χ1v) is 8.86. The lowest BCUT2D eigenvalue weighted by Crippen LogP contribution is -2.41. The smallest absolute Gasteiger partial charge is 0.466 e. The number of aromatic hydroxyl groups is 1. The summed E-state index contributed by atoms with van der Waals surface area (Å²) in [5.41, 5.74) is -0.450. The van der Waals surface area contributed by atoms with Crippen molar-refractivity contribution >= 4 is 29.0 Å². The van der Waals surface area contributed by atoms with Gasteiger partial charge in [-0.05, 0) is 58.4 Å². The number of carbonyl (C=O) groups is 1. The molecule has 1 aromatic carbocycles. The highest BCUT2D eigenvalue weighted by molar-refractivity contribution is 9.10. The summed E-state index contributed by atoms with van der Waals surface area (Å²) < 4.78 is 18.1. The van der Waals surface area contributed by atoms with Crippen LogP contribution in [0.5, 0.6) is 5.75 Å². The van der Waals surface area contributed by atoms with Crippen LogP contribution in [0.4, 0.5) is 0 Å². The van der Waals surface area contributed by atoms with Gasteiger partial charge in [-0.25, -0.2) is 0 Å². The minimum Gasteiger partial charge on any atom is -0.508 e. The fraction of sp³-hybridized carbons (Fsp3) is 0.588. The first-order chi connectivity index (χ1) is 11.1. The van der Waals surface area contributed by atoms with E-state index in [9.17, 15) is 9.90 Å². The second-order valence-corrected chi connectivity index (χ2v) is 7.86. The highest BCUT2D eigenvalue weighted by Gasteiger charge is 2.54. The van der Waals surface area contributed by atoms with E-state index in [1.807, 2.05) is 27.7 Å². The summed E-state index contributed by atoms with van der Waals surface area (Å²) in [4.78, 5) is 12.1. The lowest BCUT2D eigenvalue weighted by Gasteiger charge is -2.32. The topological polar surface area (TPSA) is 65.0 Å². The van der Waals surface area contributed by atoms with Crippen molar-refractivity contribution in [1.82, 2.24) is 0 Å². The molecule has 132 valence electrons. The number of ether oxygens (including phenoxy) is 1. The first-order valence-electron chi connectivity index (χ1n) is 8.07. The SMILES string of the molecule is CCOC(=O)CC(B1OC(C)(C)C(C)(C)O1)c1cc(Br)ccc1O. The highest BCUT2D eigenvalue weighted by Crippen LogP contribution is 2.43. The van der Waals surface area contributed by atoms with Gasteiger partial charge in [0.2, 0.25) is 0 Å². The van der Waals surface area contributed by atoms with E-state index in [0.717, 1.165) is 4.47 Å². The molecule has 1 N–H and O–H groups in total. The third-order valence-electron chi connectivity index (χ3n) is 4.68. The molecule has 1 aromatic rings. The van der Waals surface area contributed by atoms with Gasteiger partial charge in [-0.15, -0.1) is 0 Å². The van der Waals surface area contributed by atoms with Gasteiger partial charge in [0.15, 0.2) is 0 Å². The van der Waals surface area contributed by atoms with Crippen molar-refractivity contribution in [2.24, 2.45) is 0 Å². The van der Waals surface area contributed by atoms with Crippen molar-refractivity contribution in [2.75, 3.05) is 6.61 Å². The summed E-state index contributed by atoms with van der Waals surface area (Å²) in [7, 11) is -0.653. The van der Waals surface area contributed by atoms with E-state index in [4.69, 9.17) is 14.0 Å². The van der Waals surface area contributed by atoms with Gasteiger partial charge in [0.05, 0.1) is 24.2 Å². The summed E-state index contributed by atoms with van der Waals surface area (Å²) in [5, 5.41) is 10.3. The molecule has 0 saturated carbocycles. The molecule has 0 radical (unpaired) electrons. The molecule has 1 heterocycles. The normalized spacial score (nSPS) is 20.0. The molecule has 24 heavy (non-hydrogen) atoms. The Kier molecular flexibility index (Phi) is 5.67. The van der Waals surface area contributed by atoms with Crippen LogP contribution in [0.1, 0.15) is 52.4 Å². The number of phenols is 1. The van der Waals surface area contributed by atoms with Crippen LogP contribution in [0.3, 0.4) is 0 Å². The van der Waals surface area contributed by atoms with Crippen molar-refractivity contribution in [3.05, 3.63) is 28.2 Å². The van der Waals surface area contributed by atoms with E-state index < -0.39 is 24.1 Å². The van der Waals surface area contributed by atoms with Crippen LogP contribution in [-0.2, 0) is 18.8 Å². The fourth-order valence-electron chi connectivity index (χ4n) is 2.63. The Bertz CT molecular complexity index is 601.